The molecule has 2 aromatic heterocycles. The maximum atomic E-state index is 10.1. The highest BCUT2D eigenvalue weighted by Gasteiger charge is 2.28. The van der Waals surface area contributed by atoms with E-state index in [4.69, 9.17) is 14.7 Å². The van der Waals surface area contributed by atoms with E-state index in [0.29, 0.717) is 0 Å². The van der Waals surface area contributed by atoms with E-state index < -0.39 is 6.10 Å². The number of thiophene rings is 2. The molecule has 2 heterocycles. The van der Waals surface area contributed by atoms with Gasteiger partial charge in [-0.3, -0.25) is 9.80 Å². The van der Waals surface area contributed by atoms with Crippen LogP contribution in [0.4, 0.5) is 0 Å². The monoisotopic (exact) mass is 560 g/mol. The van der Waals surface area contributed by atoms with Gasteiger partial charge in [-0.1, -0.05) is 6.92 Å². The zero-order valence-electron chi connectivity index (χ0n) is 23.6. The van der Waals surface area contributed by atoms with Crippen LogP contribution in [0.15, 0.2) is 35.0 Å². The highest BCUT2D eigenvalue weighted by molar-refractivity contribution is 7.17. The Morgan fingerprint density at radius 2 is 1.56 bits per heavy atom. The fourth-order valence-electron chi connectivity index (χ4n) is 5.48. The fraction of sp³-hybridized carbons (Fsp3) is 0.419. The van der Waals surface area contributed by atoms with Crippen molar-refractivity contribution in [1.82, 2.24) is 9.80 Å². The van der Waals surface area contributed by atoms with Gasteiger partial charge in [0.05, 0.1) is 0 Å². The van der Waals surface area contributed by atoms with Gasteiger partial charge in [0.2, 0.25) is 6.10 Å². The first-order valence-corrected chi connectivity index (χ1v) is 15.0. The Morgan fingerprint density at radius 1 is 0.897 bits per heavy atom. The summed E-state index contributed by atoms with van der Waals surface area (Å²) < 4.78 is 14.9. The van der Waals surface area contributed by atoms with Crippen LogP contribution in [0.1, 0.15) is 35.6 Å². The van der Waals surface area contributed by atoms with E-state index in [1.807, 2.05) is 38.0 Å². The highest BCUT2D eigenvalue weighted by Crippen LogP contribution is 2.38. The summed E-state index contributed by atoms with van der Waals surface area (Å²) in [6.07, 6.45) is 2.65. The van der Waals surface area contributed by atoms with E-state index >= 15 is 0 Å². The molecule has 0 saturated heterocycles. The Bertz CT molecular complexity index is 1520. The van der Waals surface area contributed by atoms with Crippen molar-refractivity contribution < 1.29 is 9.47 Å². The van der Waals surface area contributed by atoms with Crippen molar-refractivity contribution in [3.8, 4) is 23.6 Å². The van der Waals surface area contributed by atoms with Gasteiger partial charge in [-0.15, -0.1) is 22.7 Å². The molecule has 4 aromatic rings. The minimum atomic E-state index is -0.642. The summed E-state index contributed by atoms with van der Waals surface area (Å²) in [7, 11) is 7.87. The van der Waals surface area contributed by atoms with Crippen LogP contribution in [0.3, 0.4) is 0 Å². The van der Waals surface area contributed by atoms with Gasteiger partial charge < -0.3 is 9.47 Å². The lowest BCUT2D eigenvalue weighted by Crippen LogP contribution is -2.50. The van der Waals surface area contributed by atoms with Crippen LogP contribution in [0.5, 0.6) is 11.5 Å². The summed E-state index contributed by atoms with van der Waals surface area (Å²) in [4.78, 5) is 4.03. The molecule has 1 unspecified atom stereocenters. The topological polar surface area (TPSA) is 72.5 Å². The lowest BCUT2D eigenvalue weighted by atomic mass is 9.96. The van der Waals surface area contributed by atoms with Crippen molar-refractivity contribution in [3.05, 3.63) is 57.3 Å². The first-order valence-electron chi connectivity index (χ1n) is 13.2. The molecule has 0 aliphatic heterocycles. The zero-order valence-corrected chi connectivity index (χ0v) is 25.2. The summed E-state index contributed by atoms with van der Waals surface area (Å²) in [5, 5.41) is 25.8. The van der Waals surface area contributed by atoms with Crippen LogP contribution in [-0.4, -0.2) is 56.9 Å². The molecule has 0 aliphatic rings. The Hall–Kier alpha value is -3.14. The largest absolute Gasteiger partial charge is 0.478 e. The van der Waals surface area contributed by atoms with Gasteiger partial charge in [-0.2, -0.15) is 10.5 Å². The zero-order chi connectivity index (χ0) is 28.1. The second-order valence-corrected chi connectivity index (χ2v) is 12.0. The van der Waals surface area contributed by atoms with Gasteiger partial charge >= 0.3 is 0 Å². The number of hydrogen-bond donors (Lipinski definition) is 0. The summed E-state index contributed by atoms with van der Waals surface area (Å²) in [5.74, 6) is 1.61. The van der Waals surface area contributed by atoms with Crippen molar-refractivity contribution in [2.45, 2.75) is 51.8 Å². The van der Waals surface area contributed by atoms with Crippen LogP contribution in [-0.2, 0) is 19.3 Å². The van der Waals surface area contributed by atoms with Crippen molar-refractivity contribution in [2.24, 2.45) is 0 Å². The van der Waals surface area contributed by atoms with Crippen molar-refractivity contribution in [1.29, 1.82) is 10.5 Å². The Morgan fingerprint density at radius 3 is 2.18 bits per heavy atom. The van der Waals surface area contributed by atoms with Crippen LogP contribution in [0.25, 0.3) is 20.2 Å². The number of likely N-dealkylation sites (N-methyl/N-ethyl adjacent to an activating group) is 2. The Labute approximate surface area is 239 Å². The standard InChI is InChI=1S/C31H36N4O2S2/c1-7-22-24-11-16-39-30(24)21(18-26(22)36-14-13-32)9-8-10-23-25-12-15-38-29(25)20(2)17-27(23)37-28(19-33)31(34(3)4)35(5)6/h11-12,15-18,28,31H,7-10,14H2,1-6H3. The first kappa shape index (κ1) is 28.9. The number of aryl methyl sites for hydroxylation is 4. The van der Waals surface area contributed by atoms with Crippen molar-refractivity contribution in [3.63, 3.8) is 0 Å². The molecule has 4 rings (SSSR count). The summed E-state index contributed by atoms with van der Waals surface area (Å²) in [6, 6.07) is 13.1. The van der Waals surface area contributed by atoms with E-state index in [2.05, 4.69) is 61.0 Å². The number of hydrogen-bond acceptors (Lipinski definition) is 8. The van der Waals surface area contributed by atoms with E-state index in [0.717, 1.165) is 48.3 Å². The minimum Gasteiger partial charge on any atom is -0.478 e. The first-order chi connectivity index (χ1) is 18.8. The molecule has 0 bridgehead atoms. The molecule has 39 heavy (non-hydrogen) atoms. The summed E-state index contributed by atoms with van der Waals surface area (Å²) in [6.45, 7) is 4.28. The molecule has 1 atom stereocenters. The molecule has 6 nitrogen and oxygen atoms in total. The number of nitrogens with zero attached hydrogens (tertiary/aromatic N) is 4. The predicted octanol–water partition coefficient (Wildman–Crippen LogP) is 6.78. The molecule has 0 aliphatic carbocycles. The van der Waals surface area contributed by atoms with Crippen LogP contribution >= 0.6 is 22.7 Å². The number of benzene rings is 2. The third-order valence-corrected chi connectivity index (χ3v) is 9.15. The Balaban J connectivity index is 1.65. The smallest absolute Gasteiger partial charge is 0.212 e. The number of nitriles is 2. The molecule has 0 fully saturated rings. The third-order valence-electron chi connectivity index (χ3n) is 7.11. The van der Waals surface area contributed by atoms with Crippen LogP contribution < -0.4 is 9.47 Å². The quantitative estimate of drug-likeness (QED) is 0.178. The van der Waals surface area contributed by atoms with Crippen molar-refractivity contribution >= 4 is 42.8 Å². The van der Waals surface area contributed by atoms with Gasteiger partial charge in [0.25, 0.3) is 0 Å². The molecule has 0 N–H and O–H groups in total. The van der Waals surface area contributed by atoms with E-state index in [-0.39, 0.29) is 12.8 Å². The van der Waals surface area contributed by atoms with Crippen LogP contribution in [0, 0.1) is 29.6 Å². The lowest BCUT2D eigenvalue weighted by molar-refractivity contribution is 0.0404. The average Bonchev–Trinajstić information content (AvgIpc) is 3.59. The average molecular weight is 561 g/mol. The maximum Gasteiger partial charge on any atom is 0.212 e. The second-order valence-electron chi connectivity index (χ2n) is 10.2. The molecule has 8 heteroatoms. The summed E-state index contributed by atoms with van der Waals surface area (Å²) in [5.41, 5.74) is 4.73. The van der Waals surface area contributed by atoms with Gasteiger partial charge in [0.1, 0.15) is 29.8 Å². The van der Waals surface area contributed by atoms with Crippen molar-refractivity contribution in [2.75, 3.05) is 34.8 Å². The molecule has 2 aromatic carbocycles. The SMILES string of the molecule is CCc1c(OCC#N)cc(CCCc2c(OC(C#N)C(N(C)C)N(C)C)cc(C)c3sccc23)c2sccc12. The van der Waals surface area contributed by atoms with Gasteiger partial charge in [-0.05, 0) is 118 Å². The van der Waals surface area contributed by atoms with Gasteiger partial charge in [0.15, 0.2) is 6.61 Å². The normalized spacial score (nSPS) is 12.4. The fourth-order valence-corrected chi connectivity index (χ4v) is 7.35. The molecule has 0 spiro atoms. The third kappa shape index (κ3) is 6.05. The molecule has 0 amide bonds. The van der Waals surface area contributed by atoms with E-state index in [1.165, 1.54) is 31.3 Å². The molecular formula is C31H36N4O2S2. The van der Waals surface area contributed by atoms with E-state index in [9.17, 15) is 5.26 Å². The van der Waals surface area contributed by atoms with Crippen LogP contribution in [0.2, 0.25) is 0 Å². The maximum absolute atomic E-state index is 10.1. The minimum absolute atomic E-state index is 0.0449. The number of ether oxygens (including phenoxy) is 2. The molecular weight excluding hydrogens is 525 g/mol. The van der Waals surface area contributed by atoms with Gasteiger partial charge in [0, 0.05) is 20.5 Å². The lowest BCUT2D eigenvalue weighted by Gasteiger charge is -2.34. The number of rotatable bonds is 12. The van der Waals surface area contributed by atoms with Gasteiger partial charge in [-0.25, -0.2) is 0 Å². The predicted molar refractivity (Wildman–Crippen MR) is 162 cm³/mol. The molecule has 204 valence electrons. The summed E-state index contributed by atoms with van der Waals surface area (Å²) >= 11 is 3.51. The van der Waals surface area contributed by atoms with E-state index in [1.54, 1.807) is 22.7 Å². The molecule has 0 radical (unpaired) electrons. The highest BCUT2D eigenvalue weighted by atomic mass is 32.1. The molecule has 0 saturated carbocycles. The number of fused-ring (bicyclic) bond motifs is 2. The Kier molecular flexibility index (Phi) is 9.48. The second kappa shape index (κ2) is 12.8.